The van der Waals surface area contributed by atoms with E-state index >= 15 is 0 Å². The van der Waals surface area contributed by atoms with E-state index < -0.39 is 18.0 Å². The molecule has 2 aromatic carbocycles. The van der Waals surface area contributed by atoms with Gasteiger partial charge in [0.15, 0.2) is 6.10 Å². The molecule has 0 fully saturated rings. The molecule has 0 aliphatic rings. The quantitative estimate of drug-likeness (QED) is 0.784. The Bertz CT molecular complexity index is 825. The summed E-state index contributed by atoms with van der Waals surface area (Å²) in [5.41, 5.74) is 3.59. The number of hydrogen-bond acceptors (Lipinski definition) is 4. The standard InChI is InChI=1S/C20H22ClNO4/c1-11-8-12(2)18(13(3)9-11)20(24)26-14(4)19(23)22-16-10-15(21)6-7-17(16)25-5/h6-10,14H,1-5H3,(H,22,23)/t14-/m0/s1. The number of rotatable bonds is 5. The molecule has 2 aromatic rings. The Kier molecular flexibility index (Phi) is 6.27. The van der Waals surface area contributed by atoms with Gasteiger partial charge in [-0.1, -0.05) is 29.3 Å². The number of anilines is 1. The van der Waals surface area contributed by atoms with Crippen LogP contribution in [0, 0.1) is 20.8 Å². The predicted octanol–water partition coefficient (Wildman–Crippen LogP) is 4.46. The molecule has 6 heteroatoms. The van der Waals surface area contributed by atoms with E-state index in [0.29, 0.717) is 22.0 Å². The highest BCUT2D eigenvalue weighted by Crippen LogP contribution is 2.28. The molecule has 0 saturated carbocycles. The molecule has 0 saturated heterocycles. The maximum atomic E-state index is 12.5. The molecule has 26 heavy (non-hydrogen) atoms. The average Bonchev–Trinajstić information content (AvgIpc) is 2.53. The van der Waals surface area contributed by atoms with Gasteiger partial charge >= 0.3 is 5.97 Å². The SMILES string of the molecule is COc1ccc(Cl)cc1NC(=O)[C@H](C)OC(=O)c1c(C)cc(C)cc1C. The third-order valence-electron chi connectivity index (χ3n) is 3.95. The largest absolute Gasteiger partial charge is 0.495 e. The van der Waals surface area contributed by atoms with Crippen molar-refractivity contribution in [3.63, 3.8) is 0 Å². The lowest BCUT2D eigenvalue weighted by Crippen LogP contribution is -2.30. The van der Waals surface area contributed by atoms with Crippen molar-refractivity contribution in [3.05, 3.63) is 57.6 Å². The third-order valence-corrected chi connectivity index (χ3v) is 4.19. The van der Waals surface area contributed by atoms with Gasteiger partial charge in [0.05, 0.1) is 18.4 Å². The lowest BCUT2D eigenvalue weighted by Gasteiger charge is -2.17. The van der Waals surface area contributed by atoms with E-state index in [2.05, 4.69) is 5.32 Å². The Labute approximate surface area is 158 Å². The van der Waals surface area contributed by atoms with Crippen molar-refractivity contribution in [1.29, 1.82) is 0 Å². The van der Waals surface area contributed by atoms with E-state index in [1.807, 2.05) is 32.9 Å². The molecule has 5 nitrogen and oxygen atoms in total. The minimum Gasteiger partial charge on any atom is -0.495 e. The van der Waals surface area contributed by atoms with E-state index in [4.69, 9.17) is 21.1 Å². The average molecular weight is 376 g/mol. The molecule has 0 bridgehead atoms. The molecule has 0 aliphatic carbocycles. The highest BCUT2D eigenvalue weighted by atomic mass is 35.5. The van der Waals surface area contributed by atoms with Crippen LogP contribution in [0.5, 0.6) is 5.75 Å². The number of halogens is 1. The van der Waals surface area contributed by atoms with Crippen LogP contribution in [0.15, 0.2) is 30.3 Å². The number of aryl methyl sites for hydroxylation is 3. The first-order valence-electron chi connectivity index (χ1n) is 8.16. The predicted molar refractivity (Wildman–Crippen MR) is 102 cm³/mol. The smallest absolute Gasteiger partial charge is 0.339 e. The summed E-state index contributed by atoms with van der Waals surface area (Å²) in [6.45, 7) is 7.17. The van der Waals surface area contributed by atoms with Crippen LogP contribution in [-0.2, 0) is 9.53 Å². The van der Waals surface area contributed by atoms with Gasteiger partial charge in [-0.05, 0) is 57.0 Å². The highest BCUT2D eigenvalue weighted by Gasteiger charge is 2.22. The molecular formula is C20H22ClNO4. The summed E-state index contributed by atoms with van der Waals surface area (Å²) in [4.78, 5) is 24.9. The molecule has 1 atom stereocenters. The number of benzene rings is 2. The molecule has 0 spiro atoms. The number of hydrogen-bond donors (Lipinski definition) is 1. The zero-order valence-corrected chi connectivity index (χ0v) is 16.2. The molecule has 0 aliphatic heterocycles. The zero-order valence-electron chi connectivity index (χ0n) is 15.5. The Morgan fingerprint density at radius 1 is 1.08 bits per heavy atom. The van der Waals surface area contributed by atoms with Crippen molar-refractivity contribution < 1.29 is 19.1 Å². The first kappa shape index (κ1) is 19.8. The Hall–Kier alpha value is -2.53. The van der Waals surface area contributed by atoms with E-state index in [1.165, 1.54) is 14.0 Å². The minimum atomic E-state index is -0.980. The van der Waals surface area contributed by atoms with Crippen LogP contribution in [0.4, 0.5) is 5.69 Å². The summed E-state index contributed by atoms with van der Waals surface area (Å²) in [5, 5.41) is 3.13. The van der Waals surface area contributed by atoms with E-state index in [9.17, 15) is 9.59 Å². The highest BCUT2D eigenvalue weighted by molar-refractivity contribution is 6.31. The second-order valence-corrected chi connectivity index (χ2v) is 6.59. The Morgan fingerprint density at radius 2 is 1.69 bits per heavy atom. The number of carbonyl (C=O) groups is 2. The molecule has 2 rings (SSSR count). The number of amides is 1. The maximum absolute atomic E-state index is 12.5. The fourth-order valence-corrected chi connectivity index (χ4v) is 2.96. The van der Waals surface area contributed by atoms with Gasteiger partial charge in [-0.15, -0.1) is 0 Å². The lowest BCUT2D eigenvalue weighted by atomic mass is 10.00. The van der Waals surface area contributed by atoms with Crippen molar-refractivity contribution in [2.75, 3.05) is 12.4 Å². The zero-order chi connectivity index (χ0) is 19.4. The third kappa shape index (κ3) is 4.55. The second kappa shape index (κ2) is 8.23. The number of methoxy groups -OCH3 is 1. The monoisotopic (exact) mass is 375 g/mol. The van der Waals surface area contributed by atoms with Gasteiger partial charge in [-0.3, -0.25) is 4.79 Å². The molecule has 0 unspecified atom stereocenters. The van der Waals surface area contributed by atoms with Crippen LogP contribution < -0.4 is 10.1 Å². The number of esters is 1. The molecule has 1 N–H and O–H groups in total. The summed E-state index contributed by atoms with van der Waals surface area (Å²) in [5.74, 6) is -0.534. The molecular weight excluding hydrogens is 354 g/mol. The van der Waals surface area contributed by atoms with Gasteiger partial charge in [-0.2, -0.15) is 0 Å². The molecule has 1 amide bonds. The summed E-state index contributed by atoms with van der Waals surface area (Å²) in [6.07, 6.45) is -0.980. The minimum absolute atomic E-state index is 0.413. The first-order chi connectivity index (χ1) is 12.2. The van der Waals surface area contributed by atoms with Crippen molar-refractivity contribution in [3.8, 4) is 5.75 Å². The van der Waals surface area contributed by atoms with Crippen molar-refractivity contribution >= 4 is 29.2 Å². The summed E-state index contributed by atoms with van der Waals surface area (Å²) in [7, 11) is 1.49. The second-order valence-electron chi connectivity index (χ2n) is 6.16. The van der Waals surface area contributed by atoms with Gasteiger partial charge in [-0.25, -0.2) is 4.79 Å². The molecule has 138 valence electrons. The molecule has 0 heterocycles. The van der Waals surface area contributed by atoms with E-state index in [0.717, 1.165) is 16.7 Å². The fraction of sp³-hybridized carbons (Fsp3) is 0.300. The molecule has 0 radical (unpaired) electrons. The van der Waals surface area contributed by atoms with Crippen molar-refractivity contribution in [2.45, 2.75) is 33.8 Å². The van der Waals surface area contributed by atoms with Crippen LogP contribution in [0.3, 0.4) is 0 Å². The van der Waals surface area contributed by atoms with Crippen LogP contribution in [0.2, 0.25) is 5.02 Å². The van der Waals surface area contributed by atoms with E-state index in [1.54, 1.807) is 18.2 Å². The normalized spacial score (nSPS) is 11.6. The Morgan fingerprint density at radius 3 is 2.27 bits per heavy atom. The topological polar surface area (TPSA) is 64.6 Å². The Balaban J connectivity index is 2.13. The van der Waals surface area contributed by atoms with Gasteiger partial charge in [0, 0.05) is 5.02 Å². The van der Waals surface area contributed by atoms with Crippen molar-refractivity contribution in [2.24, 2.45) is 0 Å². The number of ether oxygens (including phenoxy) is 2. The maximum Gasteiger partial charge on any atom is 0.339 e. The molecule has 0 aromatic heterocycles. The number of carbonyl (C=O) groups excluding carboxylic acids is 2. The fourth-order valence-electron chi connectivity index (χ4n) is 2.79. The van der Waals surface area contributed by atoms with Gasteiger partial charge < -0.3 is 14.8 Å². The van der Waals surface area contributed by atoms with Crippen molar-refractivity contribution in [1.82, 2.24) is 0 Å². The van der Waals surface area contributed by atoms with Gasteiger partial charge in [0.2, 0.25) is 0 Å². The van der Waals surface area contributed by atoms with Crippen LogP contribution in [0.1, 0.15) is 34.0 Å². The van der Waals surface area contributed by atoms with Crippen LogP contribution in [-0.4, -0.2) is 25.1 Å². The van der Waals surface area contributed by atoms with Gasteiger partial charge in [0.1, 0.15) is 5.75 Å². The first-order valence-corrected chi connectivity index (χ1v) is 8.54. The number of nitrogens with one attached hydrogen (secondary N) is 1. The summed E-state index contributed by atoms with van der Waals surface area (Å²) < 4.78 is 10.5. The van der Waals surface area contributed by atoms with Crippen LogP contribution in [0.25, 0.3) is 0 Å². The summed E-state index contributed by atoms with van der Waals surface area (Å²) in [6, 6.07) is 8.69. The lowest BCUT2D eigenvalue weighted by molar-refractivity contribution is -0.123. The van der Waals surface area contributed by atoms with Crippen LogP contribution >= 0.6 is 11.6 Å². The van der Waals surface area contributed by atoms with E-state index in [-0.39, 0.29) is 0 Å². The van der Waals surface area contributed by atoms with Gasteiger partial charge in [0.25, 0.3) is 5.91 Å². The summed E-state index contributed by atoms with van der Waals surface area (Å²) >= 11 is 5.96.